The Kier molecular flexibility index (Phi) is 15.1. The fourth-order valence-electron chi connectivity index (χ4n) is 3.88. The van der Waals surface area contributed by atoms with Gasteiger partial charge < -0.3 is 24.7 Å². The Bertz CT molecular complexity index is 1910. The van der Waals surface area contributed by atoms with Gasteiger partial charge in [-0.15, -0.1) is 0 Å². The molecule has 3 aromatic heterocycles. The zero-order valence-corrected chi connectivity index (χ0v) is 28.1. The minimum absolute atomic E-state index is 0.0200. The molecule has 17 nitrogen and oxygen atoms in total. The summed E-state index contributed by atoms with van der Waals surface area (Å²) in [6.45, 7) is 7.77. The van der Waals surface area contributed by atoms with Crippen LogP contribution in [0, 0.1) is 30.3 Å². The van der Waals surface area contributed by atoms with Crippen molar-refractivity contribution in [1.29, 1.82) is 0 Å². The van der Waals surface area contributed by atoms with E-state index in [1.807, 2.05) is 6.07 Å². The lowest BCUT2D eigenvalue weighted by Gasteiger charge is -2.09. The number of hydrogen-bond donors (Lipinski definition) is 2. The van der Waals surface area contributed by atoms with E-state index >= 15 is 0 Å². The molecule has 17 heteroatoms. The van der Waals surface area contributed by atoms with Crippen molar-refractivity contribution in [3.8, 4) is 16.9 Å². The number of nitro groups is 3. The second kappa shape index (κ2) is 18.9. The maximum absolute atomic E-state index is 10.7. The van der Waals surface area contributed by atoms with E-state index in [1.165, 1.54) is 44.2 Å². The SMILES string of the molecule is C1CCOC1.CC(=O)O.CC(C)(C)[N+](=O)[O-].COc1cc([N+](=O)[O-])ccc1-c1cccnc1N.O=[N+]([O-])c1ccc2c(c1)oc1ncccc12. The molecule has 1 fully saturated rings. The van der Waals surface area contributed by atoms with Crippen molar-refractivity contribution < 1.29 is 38.6 Å². The van der Waals surface area contributed by atoms with Gasteiger partial charge in [0, 0.05) is 92.3 Å². The minimum Gasteiger partial charge on any atom is -0.496 e. The average Bonchev–Trinajstić information content (AvgIpc) is 3.76. The number of carboxylic acid groups (broad SMARTS) is 1. The summed E-state index contributed by atoms with van der Waals surface area (Å²) in [6, 6.07) is 16.1. The number of non-ortho nitro benzene ring substituents is 2. The number of carboxylic acids is 1. The van der Waals surface area contributed by atoms with Crippen LogP contribution in [-0.4, -0.2) is 61.7 Å². The highest BCUT2D eigenvalue weighted by Crippen LogP contribution is 2.35. The number of aromatic nitrogens is 2. The van der Waals surface area contributed by atoms with E-state index in [4.69, 9.17) is 29.5 Å². The molecule has 266 valence electrons. The molecule has 0 atom stereocenters. The van der Waals surface area contributed by atoms with E-state index in [0.717, 1.165) is 30.9 Å². The molecule has 0 unspecified atom stereocenters. The Morgan fingerprint density at radius 2 is 1.40 bits per heavy atom. The van der Waals surface area contributed by atoms with Crippen LogP contribution in [0.4, 0.5) is 17.2 Å². The Balaban J connectivity index is 0.000000245. The normalized spacial score (nSPS) is 11.6. The summed E-state index contributed by atoms with van der Waals surface area (Å²) >= 11 is 0. The molecule has 0 spiro atoms. The third-order valence-corrected chi connectivity index (χ3v) is 6.34. The summed E-state index contributed by atoms with van der Waals surface area (Å²) in [5, 5.41) is 40.3. The first-order valence-electron chi connectivity index (χ1n) is 14.9. The van der Waals surface area contributed by atoms with Gasteiger partial charge in [-0.1, -0.05) is 0 Å². The Morgan fingerprint density at radius 1 is 0.860 bits per heavy atom. The van der Waals surface area contributed by atoms with E-state index in [1.54, 1.807) is 63.5 Å². The van der Waals surface area contributed by atoms with Crippen molar-refractivity contribution in [3.63, 3.8) is 0 Å². The molecular formula is C33H38N6O11. The largest absolute Gasteiger partial charge is 0.496 e. The molecule has 5 aromatic rings. The second-order valence-corrected chi connectivity index (χ2v) is 11.2. The van der Waals surface area contributed by atoms with E-state index in [2.05, 4.69) is 9.97 Å². The molecule has 0 bridgehead atoms. The number of nitro benzene ring substituents is 2. The number of carbonyl (C=O) groups is 1. The van der Waals surface area contributed by atoms with Crippen molar-refractivity contribution in [1.82, 2.24) is 9.97 Å². The molecule has 1 aliphatic rings. The van der Waals surface area contributed by atoms with Gasteiger partial charge in [0.15, 0.2) is 0 Å². The van der Waals surface area contributed by atoms with Gasteiger partial charge in [-0.3, -0.25) is 35.1 Å². The summed E-state index contributed by atoms with van der Waals surface area (Å²) in [5.74, 6) is -0.0893. The molecule has 6 rings (SSSR count). The number of nitrogen functional groups attached to an aromatic ring is 1. The fraction of sp³-hybridized carbons (Fsp3) is 0.303. The molecule has 50 heavy (non-hydrogen) atoms. The van der Waals surface area contributed by atoms with Crippen LogP contribution in [0.2, 0.25) is 0 Å². The third-order valence-electron chi connectivity index (χ3n) is 6.34. The predicted molar refractivity (Wildman–Crippen MR) is 186 cm³/mol. The van der Waals surface area contributed by atoms with E-state index < -0.39 is 21.4 Å². The molecule has 3 N–H and O–H groups in total. The Hall–Kier alpha value is -6.23. The number of hydrogen-bond acceptors (Lipinski definition) is 13. The number of ether oxygens (including phenoxy) is 2. The smallest absolute Gasteiger partial charge is 0.300 e. The molecule has 2 aromatic carbocycles. The number of benzene rings is 2. The number of rotatable bonds is 4. The first-order valence-corrected chi connectivity index (χ1v) is 14.9. The summed E-state index contributed by atoms with van der Waals surface area (Å²) in [4.78, 5) is 46.9. The van der Waals surface area contributed by atoms with Crippen LogP contribution < -0.4 is 10.5 Å². The van der Waals surface area contributed by atoms with Crippen LogP contribution in [-0.2, 0) is 9.53 Å². The first-order chi connectivity index (χ1) is 23.6. The summed E-state index contributed by atoms with van der Waals surface area (Å²) in [7, 11) is 1.45. The van der Waals surface area contributed by atoms with Gasteiger partial charge in [-0.2, -0.15) is 0 Å². The number of nitrogens with two attached hydrogens (primary N) is 1. The molecule has 0 saturated carbocycles. The number of methoxy groups -OCH3 is 1. The van der Waals surface area contributed by atoms with Crippen molar-refractivity contribution in [2.24, 2.45) is 0 Å². The van der Waals surface area contributed by atoms with Crippen molar-refractivity contribution in [2.75, 3.05) is 26.1 Å². The second-order valence-electron chi connectivity index (χ2n) is 11.2. The zero-order valence-electron chi connectivity index (χ0n) is 28.1. The lowest BCUT2D eigenvalue weighted by molar-refractivity contribution is -0.555. The molecule has 0 aliphatic carbocycles. The number of aliphatic carboxylic acids is 1. The molecule has 1 aliphatic heterocycles. The Morgan fingerprint density at radius 3 is 1.90 bits per heavy atom. The lowest BCUT2D eigenvalue weighted by Crippen LogP contribution is -2.25. The maximum atomic E-state index is 10.7. The summed E-state index contributed by atoms with van der Waals surface area (Å²) in [6.07, 6.45) is 5.76. The van der Waals surface area contributed by atoms with E-state index in [9.17, 15) is 30.3 Å². The van der Waals surface area contributed by atoms with Crippen LogP contribution in [0.15, 0.2) is 77.5 Å². The van der Waals surface area contributed by atoms with E-state index in [0.29, 0.717) is 34.0 Å². The topological polar surface area (TPSA) is 250 Å². The zero-order chi connectivity index (χ0) is 37.4. The highest BCUT2D eigenvalue weighted by atomic mass is 16.6. The van der Waals surface area contributed by atoms with Gasteiger partial charge in [0.05, 0.1) is 29.1 Å². The van der Waals surface area contributed by atoms with Crippen LogP contribution in [0.5, 0.6) is 5.75 Å². The van der Waals surface area contributed by atoms with Gasteiger partial charge in [0.1, 0.15) is 17.2 Å². The van der Waals surface area contributed by atoms with Crippen LogP contribution in [0.25, 0.3) is 33.2 Å². The van der Waals surface area contributed by atoms with Gasteiger partial charge in [0.2, 0.25) is 11.3 Å². The number of anilines is 1. The van der Waals surface area contributed by atoms with Gasteiger partial charge >= 0.3 is 0 Å². The van der Waals surface area contributed by atoms with Crippen LogP contribution in [0.3, 0.4) is 0 Å². The van der Waals surface area contributed by atoms with Crippen LogP contribution in [0.1, 0.15) is 40.5 Å². The fourth-order valence-corrected chi connectivity index (χ4v) is 3.88. The Labute approximate surface area is 286 Å². The quantitative estimate of drug-likeness (QED) is 0.141. The standard InChI is InChI=1S/C12H11N3O3.C11H6N2O3.C4H9NO2.C4H8O.C2H4O2/c1-18-11-7-8(15(16)17)4-5-9(11)10-3-2-6-14-12(10)13;14-13(15)7-3-4-8-9-2-1-5-12-11(9)16-10(8)6-7;1-4(2,3)5(6)7;1-2-4-5-3-1;1-2(3)4/h2-7H,1H3,(H2,13,14);1-6H;1-3H3;1-4H2;1H3,(H,3,4). The van der Waals surface area contributed by atoms with Crippen molar-refractivity contribution >= 4 is 45.2 Å². The average molecular weight is 695 g/mol. The maximum Gasteiger partial charge on any atom is 0.300 e. The lowest BCUT2D eigenvalue weighted by atomic mass is 10.0. The molecule has 0 amide bonds. The van der Waals surface area contributed by atoms with E-state index in [-0.39, 0.29) is 16.3 Å². The monoisotopic (exact) mass is 694 g/mol. The van der Waals surface area contributed by atoms with Gasteiger partial charge in [-0.05, 0) is 49.2 Å². The molecule has 4 heterocycles. The third kappa shape index (κ3) is 12.4. The van der Waals surface area contributed by atoms with Gasteiger partial charge in [-0.25, -0.2) is 9.97 Å². The van der Waals surface area contributed by atoms with Crippen molar-refractivity contribution in [3.05, 3.63) is 103 Å². The number of fused-ring (bicyclic) bond motifs is 3. The minimum atomic E-state index is -0.833. The van der Waals surface area contributed by atoms with Gasteiger partial charge in [0.25, 0.3) is 17.3 Å². The predicted octanol–water partition coefficient (Wildman–Crippen LogP) is 7.09. The van der Waals surface area contributed by atoms with Crippen molar-refractivity contribution in [2.45, 2.75) is 46.1 Å². The molecule has 0 radical (unpaired) electrons. The highest BCUT2D eigenvalue weighted by Gasteiger charge is 2.21. The summed E-state index contributed by atoms with van der Waals surface area (Å²) < 4.78 is 15.5. The number of furan rings is 1. The molecule has 1 saturated heterocycles. The number of pyridine rings is 2. The first kappa shape index (κ1) is 39.9. The van der Waals surface area contributed by atoms with Crippen LogP contribution >= 0.6 is 0 Å². The molecular weight excluding hydrogens is 656 g/mol. The number of nitrogens with zero attached hydrogens (tertiary/aromatic N) is 5. The summed E-state index contributed by atoms with van der Waals surface area (Å²) in [5.41, 5.74) is 7.33. The highest BCUT2D eigenvalue weighted by molar-refractivity contribution is 6.03.